The highest BCUT2D eigenvalue weighted by Crippen LogP contribution is 2.64. The van der Waals surface area contributed by atoms with Crippen LogP contribution in [0.3, 0.4) is 0 Å². The number of ketones is 1. The van der Waals surface area contributed by atoms with Gasteiger partial charge in [0.25, 0.3) is 5.78 Å². The zero-order valence-electron chi connectivity index (χ0n) is 28.4. The summed E-state index contributed by atoms with van der Waals surface area (Å²) >= 11 is 12.0. The van der Waals surface area contributed by atoms with E-state index < -0.39 is 69.7 Å². The van der Waals surface area contributed by atoms with Gasteiger partial charge in [-0.1, -0.05) is 23.2 Å². The third-order valence-electron chi connectivity index (χ3n) is 9.53. The first-order valence-electron chi connectivity index (χ1n) is 16.0. The molecule has 2 saturated heterocycles. The van der Waals surface area contributed by atoms with Crippen molar-refractivity contribution in [2.75, 3.05) is 13.1 Å². The molecule has 2 amide bonds. The maximum absolute atomic E-state index is 14.4. The molecule has 50 heavy (non-hydrogen) atoms. The molecule has 0 spiro atoms. The molecule has 4 aliphatic rings. The summed E-state index contributed by atoms with van der Waals surface area (Å²) in [6.45, 7) is 10.6. The number of fused-ring (bicyclic) bond motifs is 2. The lowest BCUT2D eigenvalue weighted by Gasteiger charge is -2.29. The molecule has 0 bridgehead atoms. The number of piperidine rings is 2. The molecule has 4 fully saturated rings. The van der Waals surface area contributed by atoms with E-state index in [4.69, 9.17) is 38.2 Å². The summed E-state index contributed by atoms with van der Waals surface area (Å²) in [5.41, 5.74) is 4.86. The second-order valence-corrected chi connectivity index (χ2v) is 16.2. The summed E-state index contributed by atoms with van der Waals surface area (Å²) < 4.78 is 39.4. The Balaban J connectivity index is 0.000000195. The van der Waals surface area contributed by atoms with E-state index >= 15 is 0 Å². The molecule has 0 radical (unpaired) electrons. The van der Waals surface area contributed by atoms with Crippen molar-refractivity contribution in [3.63, 3.8) is 0 Å². The predicted octanol–water partition coefficient (Wildman–Crippen LogP) is 6.68. The minimum Gasteiger partial charge on any atom is -0.480 e. The van der Waals surface area contributed by atoms with Crippen LogP contribution >= 0.6 is 23.2 Å². The molecule has 2 unspecified atom stereocenters. The number of carbonyl (C=O) groups excluding carboxylic acids is 3. The van der Waals surface area contributed by atoms with Crippen LogP contribution in [-0.4, -0.2) is 86.2 Å². The van der Waals surface area contributed by atoms with Crippen molar-refractivity contribution < 1.29 is 47.3 Å². The molecule has 2 aromatic rings. The second-order valence-electron chi connectivity index (χ2n) is 15.3. The Morgan fingerprint density at radius 2 is 1.22 bits per heavy atom. The van der Waals surface area contributed by atoms with Gasteiger partial charge in [-0.05, 0) is 108 Å². The van der Waals surface area contributed by atoms with Gasteiger partial charge < -0.3 is 14.6 Å². The largest absolute Gasteiger partial charge is 0.480 e. The Kier molecular flexibility index (Phi) is 9.62. The first kappa shape index (κ1) is 37.2. The number of hydrogen-bond donors (Lipinski definition) is 2. The number of aliphatic carboxylic acids is 1. The van der Waals surface area contributed by atoms with Crippen molar-refractivity contribution in [1.82, 2.24) is 9.80 Å². The quantitative estimate of drug-likeness (QED) is 0.198. The summed E-state index contributed by atoms with van der Waals surface area (Å²) in [5.74, 6) is -3.00. The van der Waals surface area contributed by atoms with E-state index in [0.717, 1.165) is 6.21 Å². The number of carbonyl (C=O) groups is 4. The minimum atomic E-state index is -1.10. The number of nitrogens with zero attached hydrogens (tertiary/aromatic N) is 3. The molecule has 2 saturated carbocycles. The lowest BCUT2D eigenvalue weighted by molar-refractivity contribution is -0.143. The van der Waals surface area contributed by atoms with Crippen LogP contribution in [0.2, 0.25) is 10.0 Å². The van der Waals surface area contributed by atoms with Gasteiger partial charge in [0.05, 0.1) is 10.3 Å². The van der Waals surface area contributed by atoms with E-state index in [1.807, 2.05) is 0 Å². The van der Waals surface area contributed by atoms with E-state index in [9.17, 15) is 33.1 Å². The van der Waals surface area contributed by atoms with Crippen LogP contribution in [0.5, 0.6) is 0 Å². The van der Waals surface area contributed by atoms with Gasteiger partial charge in [-0.2, -0.15) is 0 Å². The SMILES string of the molecule is CC(C)(C)OC(=O)N1C[C@@]2(c3cc(Cl)ccc3F)C[C@H]2C1C(=O)C=[N+]=N.CC(C)(C)OC(=O)N1C[C@@]2(c3cc(Cl)ccc3F)C[C@H]2C1C(=O)O. The lowest BCUT2D eigenvalue weighted by Crippen LogP contribution is -2.46. The number of hydrogen-bond acceptors (Lipinski definition) is 7. The van der Waals surface area contributed by atoms with Gasteiger partial charge in [0.15, 0.2) is 0 Å². The smallest absolute Gasteiger partial charge is 0.411 e. The molecule has 11 nitrogen and oxygen atoms in total. The average Bonchev–Trinajstić information content (AvgIpc) is 3.82. The third kappa shape index (κ3) is 7.08. The summed E-state index contributed by atoms with van der Waals surface area (Å²) in [6, 6.07) is 6.71. The fraction of sp³-hybridized carbons (Fsp3) is 0.514. The topological polar surface area (TPSA) is 151 Å². The molecule has 6 rings (SSSR count). The molecule has 2 aliphatic carbocycles. The average molecular weight is 737 g/mol. The molecule has 2 N–H and O–H groups in total. The van der Waals surface area contributed by atoms with E-state index in [-0.39, 0.29) is 24.9 Å². The molecule has 0 aromatic heterocycles. The van der Waals surface area contributed by atoms with Gasteiger partial charge in [-0.15, -0.1) is 0 Å². The standard InChI is InChI=1S/C18H20ClFN3O3.C17H19ClFNO4/c1-17(2,3)26-16(25)23-9-18(11-6-10(19)4-5-13(11)20)7-12(18)15(23)14(24)8-22-21;1-16(2,3)24-15(23)20-8-17(7-11(17)13(20)14(21)22)10-6-9(18)4-5-12(10)19/h4-6,8,12,15,21H,7,9H2,1-3H3;4-6,11,13H,7-8H2,1-3H3,(H,21,22)/q+1;/t12-,15?,18+;11-,13?,17+/m00/s1. The van der Waals surface area contributed by atoms with Crippen molar-refractivity contribution >= 4 is 53.4 Å². The number of rotatable bonds is 5. The minimum absolute atomic E-state index is 0.112. The summed E-state index contributed by atoms with van der Waals surface area (Å²) in [4.78, 5) is 54.7. The Morgan fingerprint density at radius 1 is 0.820 bits per heavy atom. The number of benzene rings is 2. The van der Waals surface area contributed by atoms with Gasteiger partial charge in [0, 0.05) is 39.9 Å². The molecule has 6 atom stereocenters. The second kappa shape index (κ2) is 12.9. The van der Waals surface area contributed by atoms with E-state index in [0.29, 0.717) is 34.0 Å². The molecule has 268 valence electrons. The Labute approximate surface area is 298 Å². The van der Waals surface area contributed by atoms with Gasteiger partial charge in [0.2, 0.25) is 0 Å². The van der Waals surface area contributed by atoms with Gasteiger partial charge >= 0.3 is 24.4 Å². The molecule has 2 aromatic carbocycles. The fourth-order valence-electron chi connectivity index (χ4n) is 7.44. The maximum Gasteiger partial charge on any atom is 0.411 e. The summed E-state index contributed by atoms with van der Waals surface area (Å²) in [7, 11) is 0. The highest BCUT2D eigenvalue weighted by Gasteiger charge is 2.71. The van der Waals surface area contributed by atoms with Crippen LogP contribution in [0.4, 0.5) is 18.4 Å². The van der Waals surface area contributed by atoms with E-state index in [1.165, 1.54) is 40.1 Å². The van der Waals surface area contributed by atoms with Crippen LogP contribution in [0.15, 0.2) is 36.4 Å². The number of ether oxygens (including phenoxy) is 2. The zero-order chi connectivity index (χ0) is 37.1. The zero-order valence-corrected chi connectivity index (χ0v) is 29.9. The fourth-order valence-corrected chi connectivity index (χ4v) is 7.78. The number of nitrogens with one attached hydrogen (secondary N) is 1. The van der Waals surface area contributed by atoms with Crippen molar-refractivity contribution in [3.05, 3.63) is 69.2 Å². The number of amides is 2. The molecular formula is C35H39Cl2F2N4O7+. The van der Waals surface area contributed by atoms with Crippen LogP contribution < -0.4 is 0 Å². The van der Waals surface area contributed by atoms with Crippen LogP contribution in [0, 0.1) is 29.0 Å². The number of Topliss-reactive ketones (excluding diaryl/α,β-unsaturated/α-hetero) is 1. The number of carboxylic acid groups (broad SMARTS) is 1. The third-order valence-corrected chi connectivity index (χ3v) is 10.00. The number of carboxylic acids is 1. The van der Waals surface area contributed by atoms with Gasteiger partial charge in [0.1, 0.15) is 34.9 Å². The van der Waals surface area contributed by atoms with E-state index in [1.54, 1.807) is 47.6 Å². The summed E-state index contributed by atoms with van der Waals surface area (Å²) in [6.07, 6.45) is 0.629. The van der Waals surface area contributed by atoms with Crippen LogP contribution in [-0.2, 0) is 29.9 Å². The molecule has 2 aliphatic heterocycles. The maximum atomic E-state index is 14.4. The molecular weight excluding hydrogens is 697 g/mol. The van der Waals surface area contributed by atoms with Gasteiger partial charge in [-0.3, -0.25) is 14.6 Å². The Hall–Kier alpha value is -4.06. The predicted molar refractivity (Wildman–Crippen MR) is 178 cm³/mol. The Bertz CT molecular complexity index is 1810. The monoisotopic (exact) mass is 735 g/mol. The van der Waals surface area contributed by atoms with E-state index in [2.05, 4.69) is 4.79 Å². The van der Waals surface area contributed by atoms with Gasteiger partial charge in [-0.25, -0.2) is 23.2 Å². The highest BCUT2D eigenvalue weighted by atomic mass is 35.5. The van der Waals surface area contributed by atoms with Crippen molar-refractivity contribution in [2.45, 2.75) is 88.5 Å². The first-order valence-corrected chi connectivity index (χ1v) is 16.8. The first-order chi connectivity index (χ1) is 23.1. The number of likely N-dealkylation sites (tertiary alicyclic amines) is 2. The number of halogens is 4. The van der Waals surface area contributed by atoms with Crippen LogP contribution in [0.1, 0.15) is 65.5 Å². The van der Waals surface area contributed by atoms with Crippen LogP contribution in [0.25, 0.3) is 0 Å². The normalized spacial score (nSPS) is 27.6. The van der Waals surface area contributed by atoms with Crippen molar-refractivity contribution in [1.29, 1.82) is 5.53 Å². The Morgan fingerprint density at radius 3 is 1.60 bits per heavy atom. The lowest BCUT2D eigenvalue weighted by atomic mass is 9.93. The summed E-state index contributed by atoms with van der Waals surface area (Å²) in [5, 5.41) is 10.3. The van der Waals surface area contributed by atoms with Crippen molar-refractivity contribution in [2.24, 2.45) is 11.8 Å². The molecule has 15 heteroatoms. The molecule has 2 heterocycles. The van der Waals surface area contributed by atoms with Crippen molar-refractivity contribution in [3.8, 4) is 0 Å². The highest BCUT2D eigenvalue weighted by molar-refractivity contribution is 6.31.